The maximum Gasteiger partial charge on any atom is 0.224 e. The SMILES string of the molecule is CCOc1ccc(Nc2cc(C)nc(NCCC(C)C)n2)cc1. The van der Waals surface area contributed by atoms with Gasteiger partial charge in [-0.1, -0.05) is 13.8 Å². The highest BCUT2D eigenvalue weighted by Crippen LogP contribution is 2.20. The molecule has 0 spiro atoms. The van der Waals surface area contributed by atoms with E-state index < -0.39 is 0 Å². The van der Waals surface area contributed by atoms with Crippen molar-refractivity contribution in [1.82, 2.24) is 9.97 Å². The molecule has 0 saturated heterocycles. The number of rotatable bonds is 8. The van der Waals surface area contributed by atoms with Crippen LogP contribution in [0.1, 0.15) is 32.9 Å². The van der Waals surface area contributed by atoms with Crippen LogP contribution in [-0.2, 0) is 0 Å². The zero-order valence-corrected chi connectivity index (χ0v) is 14.4. The number of aryl methyl sites for hydroxylation is 1. The number of anilines is 3. The molecule has 2 rings (SSSR count). The summed E-state index contributed by atoms with van der Waals surface area (Å²) in [6.45, 7) is 9.91. The number of hydrogen-bond donors (Lipinski definition) is 2. The summed E-state index contributed by atoms with van der Waals surface area (Å²) in [6.07, 6.45) is 1.10. The van der Waals surface area contributed by atoms with Gasteiger partial charge in [0.25, 0.3) is 0 Å². The molecule has 1 aromatic carbocycles. The maximum atomic E-state index is 5.45. The van der Waals surface area contributed by atoms with Crippen molar-refractivity contribution >= 4 is 17.5 Å². The van der Waals surface area contributed by atoms with Gasteiger partial charge in [-0.25, -0.2) is 4.98 Å². The van der Waals surface area contributed by atoms with Crippen LogP contribution < -0.4 is 15.4 Å². The van der Waals surface area contributed by atoms with Gasteiger partial charge in [-0.05, 0) is 50.5 Å². The standard InChI is InChI=1S/C18H26N4O/c1-5-23-16-8-6-15(7-9-16)21-17-12-14(4)20-18(22-17)19-11-10-13(2)3/h6-9,12-13H,5,10-11H2,1-4H3,(H2,19,20,21,22). The first kappa shape index (κ1) is 17.1. The third-order valence-electron chi connectivity index (χ3n) is 3.30. The lowest BCUT2D eigenvalue weighted by Crippen LogP contribution is -2.09. The Morgan fingerprint density at radius 2 is 1.87 bits per heavy atom. The Kier molecular flexibility index (Phi) is 6.20. The number of aromatic nitrogens is 2. The predicted octanol–water partition coefficient (Wildman–Crippen LogP) is 4.39. The third-order valence-corrected chi connectivity index (χ3v) is 3.30. The molecule has 0 aliphatic carbocycles. The molecule has 0 aliphatic rings. The molecule has 124 valence electrons. The summed E-state index contributed by atoms with van der Waals surface area (Å²) in [5.41, 5.74) is 1.90. The smallest absolute Gasteiger partial charge is 0.224 e. The molecule has 1 aromatic heterocycles. The van der Waals surface area contributed by atoms with Crippen molar-refractivity contribution in [2.24, 2.45) is 5.92 Å². The molecule has 0 saturated carbocycles. The minimum absolute atomic E-state index is 0.661. The van der Waals surface area contributed by atoms with Crippen LogP contribution >= 0.6 is 0 Å². The first-order chi connectivity index (χ1) is 11.1. The average molecular weight is 314 g/mol. The fourth-order valence-electron chi connectivity index (χ4n) is 2.13. The lowest BCUT2D eigenvalue weighted by Gasteiger charge is -2.11. The van der Waals surface area contributed by atoms with Crippen molar-refractivity contribution in [3.8, 4) is 5.75 Å². The number of benzene rings is 1. The van der Waals surface area contributed by atoms with Crippen LogP contribution in [0.4, 0.5) is 17.5 Å². The average Bonchev–Trinajstić information content (AvgIpc) is 2.48. The van der Waals surface area contributed by atoms with E-state index in [0.29, 0.717) is 18.5 Å². The van der Waals surface area contributed by atoms with Gasteiger partial charge in [0.05, 0.1) is 6.61 Å². The second-order valence-electron chi connectivity index (χ2n) is 5.91. The summed E-state index contributed by atoms with van der Waals surface area (Å²) in [7, 11) is 0. The summed E-state index contributed by atoms with van der Waals surface area (Å²) >= 11 is 0. The van der Waals surface area contributed by atoms with Crippen molar-refractivity contribution in [2.75, 3.05) is 23.8 Å². The molecule has 0 amide bonds. The van der Waals surface area contributed by atoms with Crippen LogP contribution in [0.3, 0.4) is 0 Å². The highest BCUT2D eigenvalue weighted by Gasteiger charge is 2.03. The van der Waals surface area contributed by atoms with Gasteiger partial charge in [0.2, 0.25) is 5.95 Å². The van der Waals surface area contributed by atoms with E-state index >= 15 is 0 Å². The van der Waals surface area contributed by atoms with E-state index in [-0.39, 0.29) is 0 Å². The van der Waals surface area contributed by atoms with Crippen molar-refractivity contribution in [2.45, 2.75) is 34.1 Å². The topological polar surface area (TPSA) is 59.1 Å². The molecule has 0 unspecified atom stereocenters. The van der Waals surface area contributed by atoms with Gasteiger partial charge in [0.1, 0.15) is 11.6 Å². The van der Waals surface area contributed by atoms with Crippen LogP contribution in [0.25, 0.3) is 0 Å². The zero-order chi connectivity index (χ0) is 16.7. The Morgan fingerprint density at radius 3 is 2.52 bits per heavy atom. The van der Waals surface area contributed by atoms with E-state index in [0.717, 1.165) is 35.9 Å². The number of hydrogen-bond acceptors (Lipinski definition) is 5. The van der Waals surface area contributed by atoms with Gasteiger partial charge in [-0.15, -0.1) is 0 Å². The largest absolute Gasteiger partial charge is 0.494 e. The number of ether oxygens (including phenoxy) is 1. The van der Waals surface area contributed by atoms with Gasteiger partial charge in [0, 0.05) is 24.0 Å². The number of nitrogens with one attached hydrogen (secondary N) is 2. The Hall–Kier alpha value is -2.30. The molecular formula is C18H26N4O. The monoisotopic (exact) mass is 314 g/mol. The second-order valence-corrected chi connectivity index (χ2v) is 5.91. The molecule has 2 N–H and O–H groups in total. The highest BCUT2D eigenvalue weighted by atomic mass is 16.5. The lowest BCUT2D eigenvalue weighted by atomic mass is 10.1. The normalized spacial score (nSPS) is 10.7. The third kappa shape index (κ3) is 5.77. The van der Waals surface area contributed by atoms with Gasteiger partial charge < -0.3 is 15.4 Å². The summed E-state index contributed by atoms with van der Waals surface area (Å²) in [5, 5.41) is 6.59. The van der Waals surface area contributed by atoms with Crippen LogP contribution in [0, 0.1) is 12.8 Å². The quantitative estimate of drug-likeness (QED) is 0.757. The van der Waals surface area contributed by atoms with E-state index in [1.807, 2.05) is 44.2 Å². The van der Waals surface area contributed by atoms with E-state index in [9.17, 15) is 0 Å². The van der Waals surface area contributed by atoms with Crippen LogP contribution in [0.15, 0.2) is 30.3 Å². The zero-order valence-electron chi connectivity index (χ0n) is 14.4. The molecule has 0 aliphatic heterocycles. The second kappa shape index (κ2) is 8.36. The first-order valence-electron chi connectivity index (χ1n) is 8.16. The van der Waals surface area contributed by atoms with E-state index in [1.165, 1.54) is 0 Å². The fraction of sp³-hybridized carbons (Fsp3) is 0.444. The van der Waals surface area contributed by atoms with Gasteiger partial charge in [0.15, 0.2) is 0 Å². The maximum absolute atomic E-state index is 5.45. The summed E-state index contributed by atoms with van der Waals surface area (Å²) < 4.78 is 5.45. The molecule has 23 heavy (non-hydrogen) atoms. The van der Waals surface area contributed by atoms with Gasteiger partial charge >= 0.3 is 0 Å². The Balaban J connectivity index is 2.02. The Labute approximate surface area is 138 Å². The van der Waals surface area contributed by atoms with Crippen LogP contribution in [0.2, 0.25) is 0 Å². The van der Waals surface area contributed by atoms with E-state index in [1.54, 1.807) is 0 Å². The fourth-order valence-corrected chi connectivity index (χ4v) is 2.13. The first-order valence-corrected chi connectivity index (χ1v) is 8.16. The van der Waals surface area contributed by atoms with Crippen molar-refractivity contribution in [3.05, 3.63) is 36.0 Å². The molecule has 0 radical (unpaired) electrons. The summed E-state index contributed by atoms with van der Waals surface area (Å²) in [6, 6.07) is 9.79. The lowest BCUT2D eigenvalue weighted by molar-refractivity contribution is 0.340. The number of nitrogens with zero attached hydrogens (tertiary/aromatic N) is 2. The Morgan fingerprint density at radius 1 is 1.13 bits per heavy atom. The molecule has 0 atom stereocenters. The Bertz CT molecular complexity index is 611. The molecule has 2 aromatic rings. The van der Waals surface area contributed by atoms with E-state index in [2.05, 4.69) is 34.4 Å². The van der Waals surface area contributed by atoms with Crippen LogP contribution in [-0.4, -0.2) is 23.1 Å². The van der Waals surface area contributed by atoms with Gasteiger partial charge in [-0.2, -0.15) is 4.98 Å². The van der Waals surface area contributed by atoms with Gasteiger partial charge in [-0.3, -0.25) is 0 Å². The van der Waals surface area contributed by atoms with Crippen molar-refractivity contribution < 1.29 is 4.74 Å². The molecular weight excluding hydrogens is 288 g/mol. The molecule has 0 fully saturated rings. The van der Waals surface area contributed by atoms with Crippen molar-refractivity contribution in [3.63, 3.8) is 0 Å². The van der Waals surface area contributed by atoms with Crippen LogP contribution in [0.5, 0.6) is 5.75 Å². The molecule has 5 heteroatoms. The molecule has 1 heterocycles. The summed E-state index contributed by atoms with van der Waals surface area (Å²) in [4.78, 5) is 8.95. The highest BCUT2D eigenvalue weighted by molar-refractivity contribution is 5.58. The van der Waals surface area contributed by atoms with Crippen molar-refractivity contribution in [1.29, 1.82) is 0 Å². The molecule has 0 bridgehead atoms. The summed E-state index contributed by atoms with van der Waals surface area (Å²) in [5.74, 6) is 2.98. The minimum atomic E-state index is 0.661. The molecule has 5 nitrogen and oxygen atoms in total. The van der Waals surface area contributed by atoms with E-state index in [4.69, 9.17) is 4.74 Å². The predicted molar refractivity (Wildman–Crippen MR) is 95.6 cm³/mol. The minimum Gasteiger partial charge on any atom is -0.494 e.